The lowest BCUT2D eigenvalue weighted by Crippen LogP contribution is -2.52. The van der Waals surface area contributed by atoms with Crippen molar-refractivity contribution in [3.63, 3.8) is 0 Å². The van der Waals surface area contributed by atoms with Crippen LogP contribution in [0.2, 0.25) is 4.34 Å². The summed E-state index contributed by atoms with van der Waals surface area (Å²) in [5.74, 6) is 0.381. The first-order chi connectivity index (χ1) is 7.86. The molecular formula is C12H20Cl2N2OS. The summed E-state index contributed by atoms with van der Waals surface area (Å²) < 4.78 is 0.619. The molecule has 0 aliphatic heterocycles. The van der Waals surface area contributed by atoms with Gasteiger partial charge in [0.2, 0.25) is 0 Å². The van der Waals surface area contributed by atoms with E-state index in [9.17, 15) is 4.79 Å². The average molecular weight is 311 g/mol. The number of nitrogens with one attached hydrogen (secondary N) is 1. The molecule has 0 bridgehead atoms. The third-order valence-corrected chi connectivity index (χ3v) is 3.75. The third-order valence-electron chi connectivity index (χ3n) is 2.52. The lowest BCUT2D eigenvalue weighted by atomic mass is 9.90. The largest absolute Gasteiger partial charge is 0.345 e. The van der Waals surface area contributed by atoms with Crippen LogP contribution < -0.4 is 11.1 Å². The quantitative estimate of drug-likeness (QED) is 0.876. The van der Waals surface area contributed by atoms with E-state index < -0.39 is 0 Å². The van der Waals surface area contributed by atoms with Gasteiger partial charge in [-0.3, -0.25) is 4.79 Å². The molecule has 0 fully saturated rings. The molecular weight excluding hydrogens is 291 g/mol. The summed E-state index contributed by atoms with van der Waals surface area (Å²) >= 11 is 7.09. The molecule has 0 spiro atoms. The van der Waals surface area contributed by atoms with Gasteiger partial charge in [-0.2, -0.15) is 0 Å². The minimum atomic E-state index is -0.359. The first kappa shape index (κ1) is 17.7. The Kier molecular flexibility index (Phi) is 7.22. The molecule has 3 N–H and O–H groups in total. The predicted octanol–water partition coefficient (Wildman–Crippen LogP) is 3.32. The molecule has 1 aromatic rings. The minimum absolute atomic E-state index is 0. The highest BCUT2D eigenvalue weighted by Gasteiger charge is 2.26. The standard InChI is InChI=1S/C12H19ClN2OS.ClH/c1-8(2)6-12(3,7-14)15-11(16)9-4-5-10(13)17-9;/h4-5,8H,6-7,14H2,1-3H3,(H,15,16);1H. The Hall–Kier alpha value is -0.290. The van der Waals surface area contributed by atoms with Gasteiger partial charge in [0.05, 0.1) is 14.8 Å². The van der Waals surface area contributed by atoms with Gasteiger partial charge in [-0.1, -0.05) is 25.4 Å². The van der Waals surface area contributed by atoms with Gasteiger partial charge in [0.1, 0.15) is 0 Å². The SMILES string of the molecule is CC(C)CC(C)(CN)NC(=O)c1ccc(Cl)s1.Cl. The van der Waals surface area contributed by atoms with Gasteiger partial charge in [-0.05, 0) is 31.4 Å². The highest BCUT2D eigenvalue weighted by atomic mass is 35.5. The van der Waals surface area contributed by atoms with Gasteiger partial charge in [-0.25, -0.2) is 0 Å². The monoisotopic (exact) mass is 310 g/mol. The van der Waals surface area contributed by atoms with Gasteiger partial charge in [0.15, 0.2) is 0 Å². The number of carbonyl (C=O) groups is 1. The van der Waals surface area contributed by atoms with Gasteiger partial charge < -0.3 is 11.1 Å². The molecule has 0 radical (unpaired) electrons. The number of hydrogen-bond acceptors (Lipinski definition) is 3. The van der Waals surface area contributed by atoms with Crippen molar-refractivity contribution in [2.24, 2.45) is 11.7 Å². The molecule has 1 amide bonds. The molecule has 1 heterocycles. The Bertz CT molecular complexity index is 395. The molecule has 18 heavy (non-hydrogen) atoms. The van der Waals surface area contributed by atoms with E-state index in [0.29, 0.717) is 21.7 Å². The molecule has 0 aliphatic carbocycles. The van der Waals surface area contributed by atoms with E-state index in [-0.39, 0.29) is 23.9 Å². The summed E-state index contributed by atoms with van der Waals surface area (Å²) in [7, 11) is 0. The fourth-order valence-corrected chi connectivity index (χ4v) is 2.80. The highest BCUT2D eigenvalue weighted by molar-refractivity contribution is 7.18. The molecule has 1 aromatic heterocycles. The minimum Gasteiger partial charge on any atom is -0.345 e. The maximum absolute atomic E-state index is 12.0. The zero-order valence-electron chi connectivity index (χ0n) is 10.8. The number of halogens is 2. The zero-order chi connectivity index (χ0) is 13.1. The number of rotatable bonds is 5. The van der Waals surface area contributed by atoms with Crippen molar-refractivity contribution in [1.82, 2.24) is 5.32 Å². The molecule has 3 nitrogen and oxygen atoms in total. The smallest absolute Gasteiger partial charge is 0.261 e. The summed E-state index contributed by atoms with van der Waals surface area (Å²) in [6.45, 7) is 6.63. The predicted molar refractivity (Wildman–Crippen MR) is 81.0 cm³/mol. The van der Waals surface area contributed by atoms with Crippen molar-refractivity contribution >= 4 is 41.3 Å². The van der Waals surface area contributed by atoms with Crippen LogP contribution in [0.1, 0.15) is 36.9 Å². The fraction of sp³-hybridized carbons (Fsp3) is 0.583. The van der Waals surface area contributed by atoms with Crippen LogP contribution in [0.25, 0.3) is 0 Å². The number of thiophene rings is 1. The highest BCUT2D eigenvalue weighted by Crippen LogP contribution is 2.23. The van der Waals surface area contributed by atoms with Crippen LogP contribution in [-0.4, -0.2) is 18.0 Å². The first-order valence-corrected chi connectivity index (χ1v) is 6.83. The summed E-state index contributed by atoms with van der Waals surface area (Å²) in [6, 6.07) is 3.46. The van der Waals surface area contributed by atoms with Gasteiger partial charge in [-0.15, -0.1) is 23.7 Å². The van der Waals surface area contributed by atoms with Crippen LogP contribution >= 0.6 is 35.3 Å². The molecule has 0 saturated carbocycles. The second-order valence-electron chi connectivity index (χ2n) is 4.92. The summed E-state index contributed by atoms with van der Waals surface area (Å²) in [6.07, 6.45) is 0.856. The molecule has 0 saturated heterocycles. The summed E-state index contributed by atoms with van der Waals surface area (Å²) in [5, 5.41) is 2.99. The lowest BCUT2D eigenvalue weighted by molar-refractivity contribution is 0.0902. The fourth-order valence-electron chi connectivity index (χ4n) is 1.86. The van der Waals surface area contributed by atoms with E-state index in [2.05, 4.69) is 19.2 Å². The number of hydrogen-bond donors (Lipinski definition) is 2. The maximum Gasteiger partial charge on any atom is 0.261 e. The molecule has 6 heteroatoms. The number of carbonyl (C=O) groups excluding carboxylic acids is 1. The van der Waals surface area contributed by atoms with Crippen molar-refractivity contribution in [1.29, 1.82) is 0 Å². The van der Waals surface area contributed by atoms with Crippen LogP contribution in [0.15, 0.2) is 12.1 Å². The zero-order valence-corrected chi connectivity index (χ0v) is 13.2. The maximum atomic E-state index is 12.0. The Labute approximate surface area is 123 Å². The van der Waals surface area contributed by atoms with Crippen LogP contribution in [-0.2, 0) is 0 Å². The molecule has 1 unspecified atom stereocenters. The molecule has 0 aromatic carbocycles. The van der Waals surface area contributed by atoms with Crippen molar-refractivity contribution in [3.05, 3.63) is 21.3 Å². The van der Waals surface area contributed by atoms with Crippen LogP contribution in [0.4, 0.5) is 0 Å². The Balaban J connectivity index is 0.00000289. The van der Waals surface area contributed by atoms with E-state index in [1.165, 1.54) is 11.3 Å². The van der Waals surface area contributed by atoms with Gasteiger partial charge in [0, 0.05) is 6.54 Å². The molecule has 1 atom stereocenters. The Morgan fingerprint density at radius 1 is 1.56 bits per heavy atom. The normalized spacial score (nSPS) is 13.9. The molecule has 1 rings (SSSR count). The van der Waals surface area contributed by atoms with Crippen molar-refractivity contribution in [3.8, 4) is 0 Å². The summed E-state index contributed by atoms with van der Waals surface area (Å²) in [5.41, 5.74) is 5.39. The Morgan fingerprint density at radius 2 is 2.17 bits per heavy atom. The van der Waals surface area contributed by atoms with E-state index in [4.69, 9.17) is 17.3 Å². The number of nitrogens with two attached hydrogens (primary N) is 1. The third kappa shape index (κ3) is 5.14. The van der Waals surface area contributed by atoms with E-state index in [1.807, 2.05) is 6.92 Å². The lowest BCUT2D eigenvalue weighted by Gasteiger charge is -2.31. The molecule has 104 valence electrons. The topological polar surface area (TPSA) is 55.1 Å². The molecule has 0 aliphatic rings. The van der Waals surface area contributed by atoms with E-state index in [0.717, 1.165) is 6.42 Å². The van der Waals surface area contributed by atoms with Crippen LogP contribution in [0, 0.1) is 5.92 Å². The van der Waals surface area contributed by atoms with Crippen LogP contribution in [0.3, 0.4) is 0 Å². The number of amides is 1. The Morgan fingerprint density at radius 3 is 2.56 bits per heavy atom. The van der Waals surface area contributed by atoms with Gasteiger partial charge in [0.25, 0.3) is 5.91 Å². The van der Waals surface area contributed by atoms with Crippen molar-refractivity contribution < 1.29 is 4.79 Å². The summed E-state index contributed by atoms with van der Waals surface area (Å²) in [4.78, 5) is 12.6. The van der Waals surface area contributed by atoms with Gasteiger partial charge >= 0.3 is 0 Å². The van der Waals surface area contributed by atoms with Crippen molar-refractivity contribution in [2.45, 2.75) is 32.7 Å². The second kappa shape index (κ2) is 7.34. The van der Waals surface area contributed by atoms with E-state index >= 15 is 0 Å². The van der Waals surface area contributed by atoms with E-state index in [1.54, 1.807) is 12.1 Å². The first-order valence-electron chi connectivity index (χ1n) is 5.64. The van der Waals surface area contributed by atoms with Crippen molar-refractivity contribution in [2.75, 3.05) is 6.54 Å². The van der Waals surface area contributed by atoms with Crippen LogP contribution in [0.5, 0.6) is 0 Å². The average Bonchev–Trinajstić information content (AvgIpc) is 2.63. The second-order valence-corrected chi connectivity index (χ2v) is 6.64.